The predicted molar refractivity (Wildman–Crippen MR) is 62.4 cm³/mol. The van der Waals surface area contributed by atoms with Crippen molar-refractivity contribution in [3.8, 4) is 0 Å². The monoisotopic (exact) mass is 212 g/mol. The molecule has 0 saturated carbocycles. The first-order valence-electron chi connectivity index (χ1n) is 4.64. The second-order valence-corrected chi connectivity index (χ2v) is 3.98. The lowest BCUT2D eigenvalue weighted by atomic mass is 9.96. The van der Waals surface area contributed by atoms with E-state index in [4.69, 9.17) is 11.6 Å². The summed E-state index contributed by atoms with van der Waals surface area (Å²) in [6.45, 7) is 11.1. The zero-order chi connectivity index (χ0) is 11.1. The fourth-order valence-corrected chi connectivity index (χ4v) is 1.03. The summed E-state index contributed by atoms with van der Waals surface area (Å²) in [5.74, 6) is 0.529. The minimum Gasteiger partial charge on any atom is -0.300 e. The number of Topliss-reactive ketones (excluding diaryl/α,β-unsaturated/α-hetero) is 1. The zero-order valence-electron chi connectivity index (χ0n) is 8.85. The maximum Gasteiger partial charge on any atom is 0.129 e. The molecular formula is C12H17ClO. The van der Waals surface area contributed by atoms with Gasteiger partial charge in [-0.2, -0.15) is 0 Å². The van der Waals surface area contributed by atoms with E-state index in [0.29, 0.717) is 17.4 Å². The Balaban J connectivity index is 3.99. The van der Waals surface area contributed by atoms with E-state index in [1.54, 1.807) is 13.0 Å². The normalized spacial score (nSPS) is 12.8. The van der Waals surface area contributed by atoms with Crippen LogP contribution in [0.3, 0.4) is 0 Å². The molecule has 1 nitrogen and oxygen atoms in total. The van der Waals surface area contributed by atoms with Gasteiger partial charge >= 0.3 is 0 Å². The number of carbonyl (C=O) groups is 1. The van der Waals surface area contributed by atoms with Crippen LogP contribution in [0.1, 0.15) is 26.7 Å². The predicted octanol–water partition coefficient (Wildman–Crippen LogP) is 3.86. The average molecular weight is 213 g/mol. The molecule has 0 bridgehead atoms. The van der Waals surface area contributed by atoms with Crippen molar-refractivity contribution in [2.75, 3.05) is 0 Å². The van der Waals surface area contributed by atoms with Crippen LogP contribution in [0.5, 0.6) is 0 Å². The van der Waals surface area contributed by atoms with E-state index >= 15 is 0 Å². The van der Waals surface area contributed by atoms with E-state index in [9.17, 15) is 4.79 Å². The molecular weight excluding hydrogens is 196 g/mol. The molecule has 0 radical (unpaired) electrons. The minimum absolute atomic E-state index is 0.218. The van der Waals surface area contributed by atoms with Crippen LogP contribution >= 0.6 is 11.6 Å². The van der Waals surface area contributed by atoms with Gasteiger partial charge in [-0.25, -0.2) is 0 Å². The number of allylic oxidation sites excluding steroid dienone is 4. The zero-order valence-corrected chi connectivity index (χ0v) is 9.60. The first kappa shape index (κ1) is 13.2. The van der Waals surface area contributed by atoms with Crippen molar-refractivity contribution in [1.29, 1.82) is 0 Å². The van der Waals surface area contributed by atoms with Gasteiger partial charge in [-0.15, -0.1) is 0 Å². The summed E-state index contributed by atoms with van der Waals surface area (Å²) in [4.78, 5) is 10.8. The van der Waals surface area contributed by atoms with Crippen molar-refractivity contribution in [3.63, 3.8) is 0 Å². The molecule has 1 unspecified atom stereocenters. The minimum atomic E-state index is 0.218. The fourth-order valence-electron chi connectivity index (χ4n) is 0.967. The molecule has 14 heavy (non-hydrogen) atoms. The van der Waals surface area contributed by atoms with Crippen LogP contribution < -0.4 is 0 Å². The van der Waals surface area contributed by atoms with Crippen LogP contribution in [0.25, 0.3) is 0 Å². The van der Waals surface area contributed by atoms with E-state index in [-0.39, 0.29) is 5.78 Å². The number of ketones is 1. The van der Waals surface area contributed by atoms with Gasteiger partial charge in [0.15, 0.2) is 0 Å². The molecule has 0 aromatic rings. The molecule has 1 atom stereocenters. The van der Waals surface area contributed by atoms with Gasteiger partial charge in [0.25, 0.3) is 0 Å². The molecule has 0 aliphatic rings. The van der Waals surface area contributed by atoms with Crippen LogP contribution in [0.4, 0.5) is 0 Å². The van der Waals surface area contributed by atoms with Gasteiger partial charge in [0.2, 0.25) is 0 Å². The smallest absolute Gasteiger partial charge is 0.129 e. The Hall–Kier alpha value is -0.820. The number of hydrogen-bond donors (Lipinski definition) is 0. The molecule has 2 heteroatoms. The molecule has 0 spiro atoms. The van der Waals surface area contributed by atoms with E-state index < -0.39 is 0 Å². The highest BCUT2D eigenvalue weighted by Gasteiger charge is 2.05. The lowest BCUT2D eigenvalue weighted by Gasteiger charge is -2.09. The Bertz CT molecular complexity index is 263. The Labute approximate surface area is 91.1 Å². The molecule has 0 aromatic heterocycles. The Morgan fingerprint density at radius 2 is 2.00 bits per heavy atom. The van der Waals surface area contributed by atoms with E-state index in [0.717, 1.165) is 12.0 Å². The van der Waals surface area contributed by atoms with Gasteiger partial charge in [-0.1, -0.05) is 43.3 Å². The standard InChI is InChI=1S/C12H17ClO/c1-9(5-7-11(3)13)10(2)6-8-12(4)14/h5,7,10H,1,3,6,8H2,2,4H3/b7-5-. The van der Waals surface area contributed by atoms with Gasteiger partial charge in [0.05, 0.1) is 0 Å². The molecule has 0 N–H and O–H groups in total. The average Bonchev–Trinajstić information content (AvgIpc) is 2.09. The fraction of sp³-hybridized carbons (Fsp3) is 0.417. The second-order valence-electron chi connectivity index (χ2n) is 3.50. The summed E-state index contributed by atoms with van der Waals surface area (Å²) < 4.78 is 0. The summed E-state index contributed by atoms with van der Waals surface area (Å²) in [5, 5.41) is 0.491. The maximum atomic E-state index is 10.8. The Morgan fingerprint density at radius 3 is 2.43 bits per heavy atom. The van der Waals surface area contributed by atoms with Crippen molar-refractivity contribution < 1.29 is 4.79 Å². The van der Waals surface area contributed by atoms with E-state index in [2.05, 4.69) is 13.2 Å². The van der Waals surface area contributed by atoms with E-state index in [1.165, 1.54) is 0 Å². The highest BCUT2D eigenvalue weighted by Crippen LogP contribution is 2.17. The third kappa shape index (κ3) is 6.67. The van der Waals surface area contributed by atoms with Gasteiger partial charge in [0, 0.05) is 11.5 Å². The third-order valence-electron chi connectivity index (χ3n) is 2.04. The number of carbonyl (C=O) groups excluding carboxylic acids is 1. The summed E-state index contributed by atoms with van der Waals surface area (Å²) in [6.07, 6.45) is 5.01. The number of rotatable bonds is 6. The lowest BCUT2D eigenvalue weighted by Crippen LogP contribution is -2.00. The Morgan fingerprint density at radius 1 is 1.43 bits per heavy atom. The summed E-state index contributed by atoms with van der Waals surface area (Å²) in [5.41, 5.74) is 0.980. The first-order valence-corrected chi connectivity index (χ1v) is 5.02. The van der Waals surface area contributed by atoms with Crippen LogP contribution in [0, 0.1) is 5.92 Å². The van der Waals surface area contributed by atoms with Crippen molar-refractivity contribution in [2.45, 2.75) is 26.7 Å². The van der Waals surface area contributed by atoms with Gasteiger partial charge < -0.3 is 4.79 Å². The second kappa shape index (κ2) is 6.61. The maximum absolute atomic E-state index is 10.8. The number of hydrogen-bond acceptors (Lipinski definition) is 1. The quantitative estimate of drug-likeness (QED) is 0.612. The molecule has 78 valence electrons. The summed E-state index contributed by atoms with van der Waals surface area (Å²) in [7, 11) is 0. The third-order valence-corrected chi connectivity index (χ3v) is 2.17. The molecule has 0 heterocycles. The van der Waals surface area contributed by atoms with Crippen LogP contribution in [-0.4, -0.2) is 5.78 Å². The van der Waals surface area contributed by atoms with Crippen molar-refractivity contribution in [2.24, 2.45) is 5.92 Å². The highest BCUT2D eigenvalue weighted by atomic mass is 35.5. The van der Waals surface area contributed by atoms with Crippen LogP contribution in [-0.2, 0) is 4.79 Å². The lowest BCUT2D eigenvalue weighted by molar-refractivity contribution is -0.117. The number of halogens is 1. The van der Waals surface area contributed by atoms with E-state index in [1.807, 2.05) is 13.0 Å². The van der Waals surface area contributed by atoms with Gasteiger partial charge in [-0.05, 0) is 25.3 Å². The van der Waals surface area contributed by atoms with Gasteiger partial charge in [0.1, 0.15) is 5.78 Å². The molecule has 0 fully saturated rings. The molecule has 0 saturated heterocycles. The molecule has 0 amide bonds. The van der Waals surface area contributed by atoms with Crippen molar-refractivity contribution in [3.05, 3.63) is 35.9 Å². The molecule has 0 aliphatic heterocycles. The summed E-state index contributed by atoms with van der Waals surface area (Å²) in [6, 6.07) is 0. The van der Waals surface area contributed by atoms with Crippen molar-refractivity contribution >= 4 is 17.4 Å². The Kier molecular flexibility index (Phi) is 6.22. The summed E-state index contributed by atoms with van der Waals surface area (Å²) >= 11 is 5.58. The van der Waals surface area contributed by atoms with Crippen molar-refractivity contribution in [1.82, 2.24) is 0 Å². The molecule has 0 aromatic carbocycles. The molecule has 0 aliphatic carbocycles. The van der Waals surface area contributed by atoms with Crippen LogP contribution in [0.2, 0.25) is 0 Å². The van der Waals surface area contributed by atoms with Gasteiger partial charge in [-0.3, -0.25) is 0 Å². The first-order chi connectivity index (χ1) is 6.43. The highest BCUT2D eigenvalue weighted by molar-refractivity contribution is 6.30. The van der Waals surface area contributed by atoms with Crippen LogP contribution in [0.15, 0.2) is 35.9 Å². The topological polar surface area (TPSA) is 17.1 Å². The molecule has 0 rings (SSSR count). The largest absolute Gasteiger partial charge is 0.300 e. The SMILES string of the molecule is C=C(Cl)/C=C\C(=C)C(C)CCC(C)=O.